The zero-order valence-electron chi connectivity index (χ0n) is 15.8. The summed E-state index contributed by atoms with van der Waals surface area (Å²) in [4.78, 5) is 37.1. The van der Waals surface area contributed by atoms with Gasteiger partial charge in [-0.25, -0.2) is 0 Å². The Morgan fingerprint density at radius 3 is 2.45 bits per heavy atom. The molecule has 1 aromatic heterocycles. The lowest BCUT2D eigenvalue weighted by Gasteiger charge is -2.16. The molecule has 3 rings (SSSR count). The molecule has 3 aromatic rings. The van der Waals surface area contributed by atoms with Gasteiger partial charge in [-0.2, -0.15) is 0 Å². The van der Waals surface area contributed by atoms with Gasteiger partial charge in [0.25, 0.3) is 11.5 Å². The van der Waals surface area contributed by atoms with Gasteiger partial charge in [-0.3, -0.25) is 14.4 Å². The van der Waals surface area contributed by atoms with E-state index < -0.39 is 5.91 Å². The second-order valence-electron chi connectivity index (χ2n) is 6.51. The first-order valence-electron chi connectivity index (χ1n) is 9.05. The van der Waals surface area contributed by atoms with Crippen LogP contribution in [0.1, 0.15) is 28.9 Å². The van der Waals surface area contributed by atoms with E-state index >= 15 is 0 Å². The molecule has 0 aliphatic heterocycles. The first-order chi connectivity index (χ1) is 13.9. The number of nitrogens with one attached hydrogen (secondary N) is 2. The number of rotatable bonds is 6. The quantitative estimate of drug-likeness (QED) is 0.596. The van der Waals surface area contributed by atoms with E-state index in [-0.39, 0.29) is 24.1 Å². The van der Waals surface area contributed by atoms with E-state index in [0.717, 1.165) is 5.56 Å². The van der Waals surface area contributed by atoms with Crippen LogP contribution in [-0.4, -0.2) is 16.4 Å². The number of anilines is 1. The number of pyridine rings is 1. The van der Waals surface area contributed by atoms with Crippen molar-refractivity contribution in [1.29, 1.82) is 0 Å². The van der Waals surface area contributed by atoms with Crippen LogP contribution in [0.25, 0.3) is 0 Å². The van der Waals surface area contributed by atoms with Crippen molar-refractivity contribution in [1.82, 2.24) is 9.88 Å². The number of para-hydroxylation sites is 1. The molecule has 7 heteroatoms. The molecule has 1 unspecified atom stereocenters. The third kappa shape index (κ3) is 5.42. The number of carbonyl (C=O) groups is 2. The average Bonchev–Trinajstić information content (AvgIpc) is 2.71. The summed E-state index contributed by atoms with van der Waals surface area (Å²) in [6.07, 6.45) is 1.54. The second-order valence-corrected chi connectivity index (χ2v) is 7.43. The van der Waals surface area contributed by atoms with Crippen LogP contribution >= 0.6 is 15.9 Å². The molecule has 2 amide bonds. The molecule has 0 spiro atoms. The van der Waals surface area contributed by atoms with Crippen LogP contribution < -0.4 is 16.2 Å². The van der Waals surface area contributed by atoms with Crippen LogP contribution in [0.2, 0.25) is 0 Å². The van der Waals surface area contributed by atoms with Gasteiger partial charge in [0, 0.05) is 16.7 Å². The maximum absolute atomic E-state index is 12.8. The van der Waals surface area contributed by atoms with E-state index in [4.69, 9.17) is 0 Å². The number of halogens is 1. The van der Waals surface area contributed by atoms with Crippen LogP contribution in [0, 0.1) is 0 Å². The van der Waals surface area contributed by atoms with Crippen LogP contribution in [0.3, 0.4) is 0 Å². The normalized spacial score (nSPS) is 11.5. The molecule has 0 aliphatic carbocycles. The largest absolute Gasteiger partial charge is 0.345 e. The Bertz CT molecular complexity index is 1080. The maximum atomic E-state index is 12.8. The summed E-state index contributed by atoms with van der Waals surface area (Å²) in [5.74, 6) is -0.696. The highest BCUT2D eigenvalue weighted by atomic mass is 79.9. The highest BCUT2D eigenvalue weighted by molar-refractivity contribution is 9.10. The number of aromatic nitrogens is 1. The molecule has 2 N–H and O–H groups in total. The van der Waals surface area contributed by atoms with Gasteiger partial charge in [0.1, 0.15) is 6.54 Å². The third-order valence-corrected chi connectivity index (χ3v) is 4.82. The van der Waals surface area contributed by atoms with E-state index in [2.05, 4.69) is 26.6 Å². The Hall–Kier alpha value is -3.19. The van der Waals surface area contributed by atoms with Crippen LogP contribution in [0.15, 0.2) is 82.2 Å². The predicted octanol–water partition coefficient (Wildman–Crippen LogP) is 3.74. The van der Waals surface area contributed by atoms with Crippen molar-refractivity contribution in [2.24, 2.45) is 0 Å². The highest BCUT2D eigenvalue weighted by Gasteiger charge is 2.16. The Labute approximate surface area is 176 Å². The minimum absolute atomic E-state index is 0.158. The van der Waals surface area contributed by atoms with Gasteiger partial charge < -0.3 is 15.2 Å². The zero-order valence-corrected chi connectivity index (χ0v) is 17.3. The topological polar surface area (TPSA) is 80.2 Å². The smallest absolute Gasteiger partial charge is 0.253 e. The summed E-state index contributed by atoms with van der Waals surface area (Å²) in [7, 11) is 0. The van der Waals surface area contributed by atoms with Crippen molar-refractivity contribution in [3.8, 4) is 0 Å². The van der Waals surface area contributed by atoms with E-state index in [0.29, 0.717) is 15.7 Å². The summed E-state index contributed by atoms with van der Waals surface area (Å²) < 4.78 is 1.99. The molecule has 0 bridgehead atoms. The standard InChI is InChI=1S/C22H20BrN3O3/c1-15(16-7-3-2-4-8-16)24-22(29)18-9-5-6-10-19(18)25-20(27)14-26-13-17(23)11-12-21(26)28/h2-13,15H,14H2,1H3,(H,24,29)(H,25,27). The monoisotopic (exact) mass is 453 g/mol. The van der Waals surface area contributed by atoms with E-state index in [1.807, 2.05) is 37.3 Å². The number of amides is 2. The van der Waals surface area contributed by atoms with Crippen molar-refractivity contribution in [2.75, 3.05) is 5.32 Å². The molecule has 1 atom stereocenters. The van der Waals surface area contributed by atoms with E-state index in [1.165, 1.54) is 10.6 Å². The second kappa shape index (κ2) is 9.34. The molecule has 0 aliphatic rings. The van der Waals surface area contributed by atoms with Gasteiger partial charge in [-0.1, -0.05) is 42.5 Å². The molecule has 148 valence electrons. The van der Waals surface area contributed by atoms with Crippen LogP contribution in [0.5, 0.6) is 0 Å². The number of hydrogen-bond donors (Lipinski definition) is 2. The van der Waals surface area contributed by atoms with Gasteiger partial charge in [0.15, 0.2) is 0 Å². The lowest BCUT2D eigenvalue weighted by molar-refractivity contribution is -0.116. The number of nitrogens with zero attached hydrogens (tertiary/aromatic N) is 1. The molecule has 0 fully saturated rings. The summed E-state index contributed by atoms with van der Waals surface area (Å²) in [6, 6.07) is 19.2. The maximum Gasteiger partial charge on any atom is 0.253 e. The molecule has 1 heterocycles. The molecule has 0 saturated heterocycles. The third-order valence-electron chi connectivity index (χ3n) is 4.35. The Morgan fingerprint density at radius 1 is 1.00 bits per heavy atom. The van der Waals surface area contributed by atoms with Crippen molar-refractivity contribution in [2.45, 2.75) is 19.5 Å². The van der Waals surface area contributed by atoms with E-state index in [1.54, 1.807) is 36.5 Å². The predicted molar refractivity (Wildman–Crippen MR) is 116 cm³/mol. The fourth-order valence-electron chi connectivity index (χ4n) is 2.86. The van der Waals surface area contributed by atoms with Crippen molar-refractivity contribution in [3.05, 3.63) is 98.9 Å². The summed E-state index contributed by atoms with van der Waals surface area (Å²) >= 11 is 3.28. The molecule has 2 aromatic carbocycles. The van der Waals surface area contributed by atoms with Crippen LogP contribution in [-0.2, 0) is 11.3 Å². The zero-order chi connectivity index (χ0) is 20.8. The first kappa shape index (κ1) is 20.5. The van der Waals surface area contributed by atoms with Crippen molar-refractivity contribution in [3.63, 3.8) is 0 Å². The Balaban J connectivity index is 1.73. The molecular formula is C22H20BrN3O3. The highest BCUT2D eigenvalue weighted by Crippen LogP contribution is 2.18. The summed E-state index contributed by atoms with van der Waals surface area (Å²) in [5.41, 5.74) is 1.44. The fraction of sp³-hybridized carbons (Fsp3) is 0.136. The molecule has 0 saturated carbocycles. The van der Waals surface area contributed by atoms with Gasteiger partial charge >= 0.3 is 0 Å². The number of hydrogen-bond acceptors (Lipinski definition) is 3. The average molecular weight is 454 g/mol. The number of benzene rings is 2. The van der Waals surface area contributed by atoms with Crippen LogP contribution in [0.4, 0.5) is 5.69 Å². The molecule has 29 heavy (non-hydrogen) atoms. The van der Waals surface area contributed by atoms with Crippen molar-refractivity contribution < 1.29 is 9.59 Å². The Morgan fingerprint density at radius 2 is 1.69 bits per heavy atom. The molecule has 0 radical (unpaired) electrons. The lowest BCUT2D eigenvalue weighted by Crippen LogP contribution is -2.29. The van der Waals surface area contributed by atoms with E-state index in [9.17, 15) is 14.4 Å². The lowest BCUT2D eigenvalue weighted by atomic mass is 10.1. The van der Waals surface area contributed by atoms with Crippen molar-refractivity contribution >= 4 is 33.4 Å². The summed E-state index contributed by atoms with van der Waals surface area (Å²) in [5, 5.41) is 5.67. The summed E-state index contributed by atoms with van der Waals surface area (Å²) in [6.45, 7) is 1.74. The molecular weight excluding hydrogens is 434 g/mol. The van der Waals surface area contributed by atoms with Gasteiger partial charge in [0.2, 0.25) is 5.91 Å². The van der Waals surface area contributed by atoms with Gasteiger partial charge in [0.05, 0.1) is 17.3 Å². The number of carbonyl (C=O) groups excluding carboxylic acids is 2. The first-order valence-corrected chi connectivity index (χ1v) is 9.84. The minimum Gasteiger partial charge on any atom is -0.345 e. The Kier molecular flexibility index (Phi) is 6.61. The van der Waals surface area contributed by atoms with Gasteiger partial charge in [-0.05, 0) is 46.6 Å². The fourth-order valence-corrected chi connectivity index (χ4v) is 3.24. The van der Waals surface area contributed by atoms with Gasteiger partial charge in [-0.15, -0.1) is 0 Å². The minimum atomic E-state index is -0.401. The molecule has 6 nitrogen and oxygen atoms in total. The SMILES string of the molecule is CC(NC(=O)c1ccccc1NC(=O)Cn1cc(Br)ccc1=O)c1ccccc1.